The summed E-state index contributed by atoms with van der Waals surface area (Å²) in [6, 6.07) is 16.6. The van der Waals surface area contributed by atoms with Crippen LogP contribution < -0.4 is 15.5 Å². The van der Waals surface area contributed by atoms with Crippen LogP contribution in [0.25, 0.3) is 0 Å². The van der Waals surface area contributed by atoms with E-state index in [0.717, 1.165) is 29.7 Å². The molecule has 0 saturated carbocycles. The fourth-order valence-corrected chi connectivity index (χ4v) is 3.59. The summed E-state index contributed by atoms with van der Waals surface area (Å²) in [6.45, 7) is 3.25. The van der Waals surface area contributed by atoms with E-state index in [1.165, 1.54) is 0 Å². The first-order valence-electron chi connectivity index (χ1n) is 9.88. The van der Waals surface area contributed by atoms with E-state index in [9.17, 15) is 9.59 Å². The SMILES string of the molecule is N#Cc1ccc(N2CCCN(C(=O)CCNC(=O)Nc3ccc(Br)cc3)CC2)cc1. The molecule has 8 heteroatoms. The highest BCUT2D eigenvalue weighted by Gasteiger charge is 2.19. The van der Waals surface area contributed by atoms with Crippen LogP contribution in [-0.2, 0) is 4.79 Å². The summed E-state index contributed by atoms with van der Waals surface area (Å²) in [6.07, 6.45) is 1.15. The lowest BCUT2D eigenvalue weighted by Gasteiger charge is -2.24. The number of benzene rings is 2. The Morgan fingerprint density at radius 1 is 1.00 bits per heavy atom. The normalized spacial score (nSPS) is 13.9. The predicted molar refractivity (Wildman–Crippen MR) is 120 cm³/mol. The third-order valence-electron chi connectivity index (χ3n) is 4.94. The molecule has 0 spiro atoms. The van der Waals surface area contributed by atoms with Crippen LogP contribution in [-0.4, -0.2) is 49.6 Å². The van der Waals surface area contributed by atoms with Gasteiger partial charge in [-0.2, -0.15) is 5.26 Å². The van der Waals surface area contributed by atoms with Gasteiger partial charge in [-0.05, 0) is 55.0 Å². The van der Waals surface area contributed by atoms with Crippen molar-refractivity contribution in [2.24, 2.45) is 0 Å². The lowest BCUT2D eigenvalue weighted by atomic mass is 10.2. The predicted octanol–water partition coefficient (Wildman–Crippen LogP) is 3.57. The van der Waals surface area contributed by atoms with Crippen molar-refractivity contribution in [3.63, 3.8) is 0 Å². The summed E-state index contributed by atoms with van der Waals surface area (Å²) in [4.78, 5) is 28.6. The fourth-order valence-electron chi connectivity index (χ4n) is 3.32. The Morgan fingerprint density at radius 3 is 2.43 bits per heavy atom. The van der Waals surface area contributed by atoms with Gasteiger partial charge in [0.05, 0.1) is 11.6 Å². The molecule has 1 heterocycles. The maximum Gasteiger partial charge on any atom is 0.319 e. The Kier molecular flexibility index (Phi) is 7.69. The smallest absolute Gasteiger partial charge is 0.319 e. The number of urea groups is 1. The molecule has 1 aliphatic rings. The van der Waals surface area contributed by atoms with Crippen molar-refractivity contribution < 1.29 is 9.59 Å². The van der Waals surface area contributed by atoms with E-state index < -0.39 is 0 Å². The topological polar surface area (TPSA) is 88.5 Å². The number of halogens is 1. The highest BCUT2D eigenvalue weighted by molar-refractivity contribution is 9.10. The van der Waals surface area contributed by atoms with Crippen molar-refractivity contribution in [1.29, 1.82) is 5.26 Å². The second kappa shape index (κ2) is 10.6. The number of hydrogen-bond donors (Lipinski definition) is 2. The lowest BCUT2D eigenvalue weighted by molar-refractivity contribution is -0.130. The lowest BCUT2D eigenvalue weighted by Crippen LogP contribution is -2.38. The highest BCUT2D eigenvalue weighted by atomic mass is 79.9. The molecule has 0 atom stereocenters. The molecule has 0 aliphatic carbocycles. The number of rotatable bonds is 5. The van der Waals surface area contributed by atoms with E-state index in [1.54, 1.807) is 12.1 Å². The zero-order valence-electron chi connectivity index (χ0n) is 16.6. The van der Waals surface area contributed by atoms with Gasteiger partial charge >= 0.3 is 6.03 Å². The average molecular weight is 470 g/mol. The van der Waals surface area contributed by atoms with Gasteiger partial charge in [0.25, 0.3) is 0 Å². The van der Waals surface area contributed by atoms with Gasteiger partial charge in [0, 0.05) is 55.0 Å². The van der Waals surface area contributed by atoms with E-state index in [2.05, 4.69) is 37.5 Å². The average Bonchev–Trinajstić information content (AvgIpc) is 3.02. The quantitative estimate of drug-likeness (QED) is 0.700. The van der Waals surface area contributed by atoms with Crippen molar-refractivity contribution in [3.8, 4) is 6.07 Å². The number of nitrogens with zero attached hydrogens (tertiary/aromatic N) is 3. The molecule has 30 heavy (non-hydrogen) atoms. The fraction of sp³-hybridized carbons (Fsp3) is 0.318. The second-order valence-electron chi connectivity index (χ2n) is 7.02. The molecular weight excluding hydrogens is 446 g/mol. The second-order valence-corrected chi connectivity index (χ2v) is 7.93. The summed E-state index contributed by atoms with van der Waals surface area (Å²) in [5.41, 5.74) is 2.40. The van der Waals surface area contributed by atoms with Crippen LogP contribution in [0.5, 0.6) is 0 Å². The molecule has 2 aromatic rings. The van der Waals surface area contributed by atoms with Gasteiger partial charge < -0.3 is 20.4 Å². The first-order valence-corrected chi connectivity index (χ1v) is 10.7. The van der Waals surface area contributed by atoms with Crippen LogP contribution >= 0.6 is 15.9 Å². The Balaban J connectivity index is 1.41. The number of carbonyl (C=O) groups excluding carboxylic acids is 2. The van der Waals surface area contributed by atoms with Crippen LogP contribution in [0.15, 0.2) is 53.0 Å². The molecule has 0 unspecified atom stereocenters. The molecule has 2 aromatic carbocycles. The third kappa shape index (κ3) is 6.22. The van der Waals surface area contributed by atoms with Crippen molar-refractivity contribution in [1.82, 2.24) is 10.2 Å². The number of hydrogen-bond acceptors (Lipinski definition) is 4. The van der Waals surface area contributed by atoms with E-state index in [1.807, 2.05) is 41.3 Å². The molecule has 0 bridgehead atoms. The Hall–Kier alpha value is -3.05. The number of anilines is 2. The largest absolute Gasteiger partial charge is 0.370 e. The highest BCUT2D eigenvalue weighted by Crippen LogP contribution is 2.18. The monoisotopic (exact) mass is 469 g/mol. The maximum absolute atomic E-state index is 12.5. The van der Waals surface area contributed by atoms with Crippen molar-refractivity contribution >= 4 is 39.2 Å². The zero-order chi connectivity index (χ0) is 21.3. The Morgan fingerprint density at radius 2 is 1.73 bits per heavy atom. The molecule has 7 nitrogen and oxygen atoms in total. The van der Waals surface area contributed by atoms with Gasteiger partial charge in [-0.25, -0.2) is 4.79 Å². The van der Waals surface area contributed by atoms with Crippen LogP contribution in [0.2, 0.25) is 0 Å². The maximum atomic E-state index is 12.5. The Bertz CT molecular complexity index is 909. The minimum Gasteiger partial charge on any atom is -0.370 e. The van der Waals surface area contributed by atoms with Gasteiger partial charge in [0.1, 0.15) is 0 Å². The summed E-state index contributed by atoms with van der Waals surface area (Å²) in [5, 5.41) is 14.4. The molecule has 2 N–H and O–H groups in total. The van der Waals surface area contributed by atoms with E-state index in [0.29, 0.717) is 24.3 Å². The molecule has 1 aliphatic heterocycles. The van der Waals surface area contributed by atoms with Gasteiger partial charge in [-0.15, -0.1) is 0 Å². The summed E-state index contributed by atoms with van der Waals surface area (Å²) in [5.74, 6) is 0.0422. The molecule has 0 radical (unpaired) electrons. The first kappa shape index (κ1) is 21.7. The summed E-state index contributed by atoms with van der Waals surface area (Å²) < 4.78 is 0.939. The molecule has 1 saturated heterocycles. The number of nitrogens with one attached hydrogen (secondary N) is 2. The van der Waals surface area contributed by atoms with E-state index in [4.69, 9.17) is 5.26 Å². The first-order chi connectivity index (χ1) is 14.5. The van der Waals surface area contributed by atoms with Crippen LogP contribution in [0.4, 0.5) is 16.2 Å². The summed E-state index contributed by atoms with van der Waals surface area (Å²) in [7, 11) is 0. The van der Waals surface area contributed by atoms with E-state index in [-0.39, 0.29) is 24.9 Å². The van der Waals surface area contributed by atoms with Gasteiger partial charge in [0.2, 0.25) is 5.91 Å². The van der Waals surface area contributed by atoms with Crippen molar-refractivity contribution in [2.45, 2.75) is 12.8 Å². The minimum atomic E-state index is -0.326. The summed E-state index contributed by atoms with van der Waals surface area (Å²) >= 11 is 3.35. The number of nitriles is 1. The third-order valence-corrected chi connectivity index (χ3v) is 5.47. The standard InChI is InChI=1S/C22H24BrN5O2/c23-18-4-6-19(7-5-18)26-22(30)25-11-10-21(29)28-13-1-12-27(14-15-28)20-8-2-17(16-24)3-9-20/h2-9H,1,10-15H2,(H2,25,26,30). The number of carbonyl (C=O) groups is 2. The molecule has 3 amide bonds. The van der Waals surface area contributed by atoms with Crippen molar-refractivity contribution in [2.75, 3.05) is 42.9 Å². The zero-order valence-corrected chi connectivity index (χ0v) is 18.2. The molecule has 1 fully saturated rings. The van der Waals surface area contributed by atoms with Crippen LogP contribution in [0.3, 0.4) is 0 Å². The molecule has 0 aromatic heterocycles. The van der Waals surface area contributed by atoms with Crippen LogP contribution in [0, 0.1) is 11.3 Å². The van der Waals surface area contributed by atoms with Gasteiger partial charge in [-0.3, -0.25) is 4.79 Å². The van der Waals surface area contributed by atoms with E-state index >= 15 is 0 Å². The minimum absolute atomic E-state index is 0.0422. The van der Waals surface area contributed by atoms with Crippen LogP contribution in [0.1, 0.15) is 18.4 Å². The number of amides is 3. The molecule has 3 rings (SSSR count). The molecular formula is C22H24BrN5O2. The molecule has 156 valence electrons. The van der Waals surface area contributed by atoms with Gasteiger partial charge in [-0.1, -0.05) is 15.9 Å². The van der Waals surface area contributed by atoms with Crippen molar-refractivity contribution in [3.05, 3.63) is 58.6 Å². The van der Waals surface area contributed by atoms with Gasteiger partial charge in [0.15, 0.2) is 0 Å². The Labute approximate surface area is 184 Å².